The van der Waals surface area contributed by atoms with Crippen LogP contribution < -0.4 is 0 Å². The Bertz CT molecular complexity index is 137. The number of nitrogens with zero attached hydrogens (tertiary/aromatic N) is 1. The van der Waals surface area contributed by atoms with Crippen molar-refractivity contribution in [3.63, 3.8) is 0 Å². The van der Waals surface area contributed by atoms with E-state index in [1.807, 2.05) is 0 Å². The largest absolute Gasteiger partial charge is 0.381 e. The maximum absolute atomic E-state index is 5.09. The summed E-state index contributed by atoms with van der Waals surface area (Å²) in [6.45, 7) is 1.44. The van der Waals surface area contributed by atoms with Crippen molar-refractivity contribution in [3.05, 3.63) is 11.3 Å². The molecule has 0 spiro atoms. The van der Waals surface area contributed by atoms with Gasteiger partial charge in [-0.25, -0.2) is 0 Å². The molecular weight excluding hydrogens is 170 g/mol. The second-order valence-corrected chi connectivity index (χ2v) is 5.48. The first-order valence-electron chi connectivity index (χ1n) is 4.01. The molecule has 0 rings (SSSR count). The van der Waals surface area contributed by atoms with Gasteiger partial charge in [-0.3, -0.25) is 0 Å². The predicted molar refractivity (Wildman–Crippen MR) is 54.1 cm³/mol. The van der Waals surface area contributed by atoms with Gasteiger partial charge in [0.2, 0.25) is 0 Å². The Labute approximate surface area is 77.2 Å². The molecule has 0 aliphatic heterocycles. The Morgan fingerprint density at radius 3 is 2.42 bits per heavy atom. The van der Waals surface area contributed by atoms with E-state index in [4.69, 9.17) is 9.47 Å². The minimum absolute atomic E-state index is 0.282. The molecule has 3 nitrogen and oxygen atoms in total. The fraction of sp³-hybridized carbons (Fsp3) is 0.750. The molecule has 0 bridgehead atoms. The third-order valence-electron chi connectivity index (χ3n) is 1.39. The second-order valence-electron chi connectivity index (χ2n) is 2.99. The Morgan fingerprint density at radius 1 is 1.33 bits per heavy atom. The van der Waals surface area contributed by atoms with Crippen LogP contribution in [0.25, 0.3) is 0 Å². The van der Waals surface area contributed by atoms with Gasteiger partial charge in [0.15, 0.2) is 0 Å². The van der Waals surface area contributed by atoms with Crippen molar-refractivity contribution < 1.29 is 9.47 Å². The molecule has 0 saturated heterocycles. The van der Waals surface area contributed by atoms with Crippen molar-refractivity contribution in [1.29, 1.82) is 0 Å². The lowest BCUT2D eigenvalue weighted by Gasteiger charge is -2.11. The highest BCUT2D eigenvalue weighted by Crippen LogP contribution is 1.94. The highest BCUT2D eigenvalue weighted by atomic mass is 28.2. The van der Waals surface area contributed by atoms with Gasteiger partial charge in [-0.05, 0) is 19.3 Å². The Balaban J connectivity index is 3.84. The summed E-state index contributed by atoms with van der Waals surface area (Å²) in [5.74, 6) is 0. The van der Waals surface area contributed by atoms with Crippen LogP contribution in [0.3, 0.4) is 0 Å². The Kier molecular flexibility index (Phi) is 7.38. The van der Waals surface area contributed by atoms with Crippen LogP contribution in [0.5, 0.6) is 0 Å². The van der Waals surface area contributed by atoms with Gasteiger partial charge in [0, 0.05) is 14.2 Å². The van der Waals surface area contributed by atoms with Crippen LogP contribution >= 0.6 is 0 Å². The second kappa shape index (κ2) is 7.48. The summed E-state index contributed by atoms with van der Waals surface area (Å²) < 4.78 is 12.3. The normalized spacial score (nSPS) is 13.6. The van der Waals surface area contributed by atoms with Gasteiger partial charge in [0.25, 0.3) is 0 Å². The van der Waals surface area contributed by atoms with E-state index in [0.29, 0.717) is 6.61 Å². The zero-order valence-corrected chi connectivity index (χ0v) is 9.88. The molecule has 72 valence electrons. The van der Waals surface area contributed by atoms with Crippen LogP contribution in [0.15, 0.2) is 11.3 Å². The monoisotopic (exact) mass is 189 g/mol. The summed E-state index contributed by atoms with van der Waals surface area (Å²) in [6, 6.07) is 0. The van der Waals surface area contributed by atoms with Crippen molar-refractivity contribution in [3.8, 4) is 0 Å². The summed E-state index contributed by atoms with van der Waals surface area (Å²) in [4.78, 5) is 0. The quantitative estimate of drug-likeness (QED) is 0.541. The molecule has 0 atom stereocenters. The number of methoxy groups -OCH3 is 2. The van der Waals surface area contributed by atoms with Crippen LogP contribution in [0.2, 0.25) is 0 Å². The van der Waals surface area contributed by atoms with Crippen LogP contribution in [0.4, 0.5) is 0 Å². The van der Waals surface area contributed by atoms with Crippen molar-refractivity contribution in [1.82, 2.24) is 4.57 Å². The van der Waals surface area contributed by atoms with Crippen LogP contribution in [0, 0.1) is 0 Å². The number of ether oxygens (including phenoxy) is 2. The summed E-state index contributed by atoms with van der Waals surface area (Å²) in [5, 5.41) is 1.39. The minimum atomic E-state index is -0.282. The summed E-state index contributed by atoms with van der Waals surface area (Å²) in [7, 11) is 7.35. The van der Waals surface area contributed by atoms with Crippen molar-refractivity contribution in [2.24, 2.45) is 0 Å². The third kappa shape index (κ3) is 6.54. The van der Waals surface area contributed by atoms with Gasteiger partial charge in [-0.2, -0.15) is 0 Å². The molecule has 0 fully saturated rings. The zero-order valence-electron chi connectivity index (χ0n) is 8.46. The van der Waals surface area contributed by atoms with Crippen molar-refractivity contribution >= 4 is 9.68 Å². The highest BCUT2D eigenvalue weighted by molar-refractivity contribution is 6.42. The zero-order chi connectivity index (χ0) is 9.40. The van der Waals surface area contributed by atoms with E-state index in [9.17, 15) is 0 Å². The smallest absolute Gasteiger partial charge is 0.124 e. The molecule has 12 heavy (non-hydrogen) atoms. The van der Waals surface area contributed by atoms with E-state index in [-0.39, 0.29) is 9.68 Å². The lowest BCUT2D eigenvalue weighted by molar-refractivity contribution is 0.220. The first kappa shape index (κ1) is 11.8. The van der Waals surface area contributed by atoms with Gasteiger partial charge in [-0.1, -0.05) is 6.08 Å². The fourth-order valence-corrected chi connectivity index (χ4v) is 2.32. The molecule has 0 radical (unpaired) electrons. The molecule has 0 aromatic carbocycles. The average molecular weight is 189 g/mol. The maximum atomic E-state index is 5.09. The number of hydrogen-bond donors (Lipinski definition) is 0. The minimum Gasteiger partial charge on any atom is -0.381 e. The summed E-state index contributed by atoms with van der Waals surface area (Å²) in [6.07, 6.45) is 2.12. The Morgan fingerprint density at radius 2 is 2.00 bits per heavy atom. The fourth-order valence-electron chi connectivity index (χ4n) is 0.962. The third-order valence-corrected chi connectivity index (χ3v) is 2.92. The molecule has 0 aliphatic carbocycles. The van der Waals surface area contributed by atoms with Gasteiger partial charge >= 0.3 is 0 Å². The number of hydrogen-bond acceptors (Lipinski definition) is 3. The van der Waals surface area contributed by atoms with Gasteiger partial charge in [-0.15, -0.1) is 0 Å². The summed E-state index contributed by atoms with van der Waals surface area (Å²) >= 11 is 0. The molecule has 0 amide bonds. The SMILES string of the molecule is COCC=C(COC)[SiH2]N(C)C. The van der Waals surface area contributed by atoms with E-state index in [1.54, 1.807) is 14.2 Å². The molecule has 0 heterocycles. The maximum Gasteiger partial charge on any atom is 0.124 e. The molecule has 0 unspecified atom stereocenters. The number of rotatable bonds is 6. The lowest BCUT2D eigenvalue weighted by atomic mass is 10.5. The molecule has 4 heteroatoms. The molecular formula is C8H19NO2Si. The van der Waals surface area contributed by atoms with Gasteiger partial charge in [0.1, 0.15) is 9.68 Å². The molecule has 0 aromatic heterocycles. The van der Waals surface area contributed by atoms with Gasteiger partial charge in [0.05, 0.1) is 13.2 Å². The lowest BCUT2D eigenvalue weighted by Crippen LogP contribution is -2.22. The first-order valence-corrected chi connectivity index (χ1v) is 5.35. The first-order chi connectivity index (χ1) is 5.70. The highest BCUT2D eigenvalue weighted by Gasteiger charge is 1.98. The van der Waals surface area contributed by atoms with E-state index < -0.39 is 0 Å². The van der Waals surface area contributed by atoms with Crippen molar-refractivity contribution in [2.45, 2.75) is 0 Å². The topological polar surface area (TPSA) is 21.7 Å². The van der Waals surface area contributed by atoms with Crippen molar-refractivity contribution in [2.75, 3.05) is 41.5 Å². The molecule has 0 saturated carbocycles. The molecule has 0 N–H and O–H groups in total. The standard InChI is InChI=1S/C8H19NO2Si/c1-9(2)12-8(7-11-4)5-6-10-3/h5H,6-7,12H2,1-4H3. The summed E-state index contributed by atoms with van der Waals surface area (Å²) in [5.41, 5.74) is 0. The average Bonchev–Trinajstić information content (AvgIpc) is 2.00. The predicted octanol–water partition coefficient (Wildman–Crippen LogP) is -0.192. The van der Waals surface area contributed by atoms with Crippen LogP contribution in [-0.2, 0) is 9.47 Å². The molecule has 0 aliphatic rings. The Hall–Kier alpha value is -0.163. The van der Waals surface area contributed by atoms with E-state index >= 15 is 0 Å². The van der Waals surface area contributed by atoms with Crippen LogP contribution in [-0.4, -0.2) is 55.8 Å². The molecule has 0 aromatic rings. The van der Waals surface area contributed by atoms with E-state index in [1.165, 1.54) is 5.20 Å². The van der Waals surface area contributed by atoms with Crippen LogP contribution in [0.1, 0.15) is 0 Å². The van der Waals surface area contributed by atoms with Gasteiger partial charge < -0.3 is 14.0 Å². The van der Waals surface area contributed by atoms with E-state index in [2.05, 4.69) is 24.7 Å². The van der Waals surface area contributed by atoms with E-state index in [0.717, 1.165) is 6.61 Å².